The van der Waals surface area contributed by atoms with Gasteiger partial charge in [0.15, 0.2) is 0 Å². The molecule has 0 aliphatic carbocycles. The topological polar surface area (TPSA) is 53.1 Å². The molecule has 2 rings (SSSR count). The first-order chi connectivity index (χ1) is 9.97. The third-order valence-corrected chi connectivity index (χ3v) is 3.97. The van der Waals surface area contributed by atoms with Crippen LogP contribution in [0.15, 0.2) is 28.7 Å². The van der Waals surface area contributed by atoms with Crippen molar-refractivity contribution in [3.63, 3.8) is 0 Å². The minimum atomic E-state index is 0.152. The van der Waals surface area contributed by atoms with E-state index < -0.39 is 0 Å². The number of hydrogen-bond donors (Lipinski definition) is 1. The molecule has 0 radical (unpaired) electrons. The van der Waals surface area contributed by atoms with Crippen molar-refractivity contribution in [2.75, 3.05) is 6.61 Å². The van der Waals surface area contributed by atoms with Crippen molar-refractivity contribution in [2.45, 2.75) is 39.8 Å². The second-order valence-electron chi connectivity index (χ2n) is 5.36. The molecule has 5 heteroatoms. The van der Waals surface area contributed by atoms with Crippen LogP contribution < -0.4 is 10.5 Å². The second-order valence-corrected chi connectivity index (χ2v) is 6.27. The maximum atomic E-state index is 5.89. The van der Waals surface area contributed by atoms with Crippen LogP contribution in [-0.4, -0.2) is 22.4 Å². The van der Waals surface area contributed by atoms with E-state index in [1.807, 2.05) is 42.8 Å². The van der Waals surface area contributed by atoms with Gasteiger partial charge in [0.25, 0.3) is 0 Å². The average molecular weight is 352 g/mol. The van der Waals surface area contributed by atoms with E-state index in [4.69, 9.17) is 10.5 Å². The van der Waals surface area contributed by atoms with Crippen LogP contribution in [0.5, 0.6) is 5.75 Å². The van der Waals surface area contributed by atoms with Gasteiger partial charge in [0.05, 0.1) is 12.2 Å². The summed E-state index contributed by atoms with van der Waals surface area (Å²) < 4.78 is 8.80. The summed E-state index contributed by atoms with van der Waals surface area (Å²) in [5, 5.41) is 4.58. The predicted molar refractivity (Wildman–Crippen MR) is 88.7 cm³/mol. The first kappa shape index (κ1) is 16.0. The first-order valence-corrected chi connectivity index (χ1v) is 7.93. The van der Waals surface area contributed by atoms with E-state index in [2.05, 4.69) is 28.0 Å². The van der Waals surface area contributed by atoms with Crippen LogP contribution in [0, 0.1) is 13.8 Å². The lowest BCUT2D eigenvalue weighted by Crippen LogP contribution is -2.18. The fourth-order valence-corrected chi connectivity index (χ4v) is 2.61. The molecule has 0 fully saturated rings. The molecule has 1 aromatic carbocycles. The lowest BCUT2D eigenvalue weighted by atomic mass is 10.1. The molecule has 1 unspecified atom stereocenters. The van der Waals surface area contributed by atoms with Gasteiger partial charge in [-0.25, -0.2) is 0 Å². The van der Waals surface area contributed by atoms with E-state index in [9.17, 15) is 0 Å². The SMILES string of the molecule is Cc1nn(CCOc2ccc(Br)cc2)c(C)c1CC(C)N. The molecule has 2 N–H and O–H groups in total. The zero-order valence-electron chi connectivity index (χ0n) is 12.8. The van der Waals surface area contributed by atoms with Crippen molar-refractivity contribution in [1.82, 2.24) is 9.78 Å². The summed E-state index contributed by atoms with van der Waals surface area (Å²) in [5.74, 6) is 0.871. The van der Waals surface area contributed by atoms with Gasteiger partial charge in [0.2, 0.25) is 0 Å². The summed E-state index contributed by atoms with van der Waals surface area (Å²) >= 11 is 3.41. The molecule has 0 saturated heterocycles. The Morgan fingerprint density at radius 1 is 1.29 bits per heavy atom. The molecule has 0 spiro atoms. The molecule has 21 heavy (non-hydrogen) atoms. The minimum absolute atomic E-state index is 0.152. The van der Waals surface area contributed by atoms with E-state index in [0.717, 1.165) is 28.9 Å². The molecule has 0 bridgehead atoms. The van der Waals surface area contributed by atoms with Crippen LogP contribution in [-0.2, 0) is 13.0 Å². The molecule has 0 aliphatic heterocycles. The van der Waals surface area contributed by atoms with E-state index in [1.54, 1.807) is 0 Å². The van der Waals surface area contributed by atoms with E-state index >= 15 is 0 Å². The van der Waals surface area contributed by atoms with Crippen molar-refractivity contribution < 1.29 is 4.74 Å². The molecule has 114 valence electrons. The van der Waals surface area contributed by atoms with Crippen molar-refractivity contribution >= 4 is 15.9 Å². The van der Waals surface area contributed by atoms with Crippen LogP contribution in [0.4, 0.5) is 0 Å². The summed E-state index contributed by atoms with van der Waals surface area (Å²) in [7, 11) is 0. The highest BCUT2D eigenvalue weighted by Gasteiger charge is 2.12. The summed E-state index contributed by atoms with van der Waals surface area (Å²) in [6.45, 7) is 7.49. The number of ether oxygens (including phenoxy) is 1. The van der Waals surface area contributed by atoms with Gasteiger partial charge in [0, 0.05) is 16.2 Å². The normalized spacial score (nSPS) is 12.4. The Morgan fingerprint density at radius 2 is 1.95 bits per heavy atom. The van der Waals surface area contributed by atoms with Crippen molar-refractivity contribution in [3.8, 4) is 5.75 Å². The van der Waals surface area contributed by atoms with Gasteiger partial charge in [-0.1, -0.05) is 15.9 Å². The Labute approximate surface area is 134 Å². The third-order valence-electron chi connectivity index (χ3n) is 3.44. The van der Waals surface area contributed by atoms with Crippen LogP contribution in [0.2, 0.25) is 0 Å². The van der Waals surface area contributed by atoms with Gasteiger partial charge in [-0.3, -0.25) is 4.68 Å². The van der Waals surface area contributed by atoms with Gasteiger partial charge in [-0.2, -0.15) is 5.10 Å². The number of nitrogens with zero attached hydrogens (tertiary/aromatic N) is 2. The van der Waals surface area contributed by atoms with Gasteiger partial charge in [-0.05, 0) is 57.0 Å². The van der Waals surface area contributed by atoms with Crippen molar-refractivity contribution in [1.29, 1.82) is 0 Å². The molecule has 1 heterocycles. The molecule has 1 aromatic heterocycles. The number of nitrogens with two attached hydrogens (primary N) is 1. The van der Waals surface area contributed by atoms with Crippen LogP contribution >= 0.6 is 15.9 Å². The number of halogens is 1. The highest BCUT2D eigenvalue weighted by molar-refractivity contribution is 9.10. The Balaban J connectivity index is 1.95. The van der Waals surface area contributed by atoms with E-state index in [1.165, 1.54) is 11.3 Å². The van der Waals surface area contributed by atoms with E-state index in [-0.39, 0.29) is 6.04 Å². The second kappa shape index (κ2) is 7.09. The fraction of sp³-hybridized carbons (Fsp3) is 0.438. The minimum Gasteiger partial charge on any atom is -0.492 e. The molecule has 4 nitrogen and oxygen atoms in total. The number of hydrogen-bond acceptors (Lipinski definition) is 3. The molecule has 2 aromatic rings. The molecule has 1 atom stereocenters. The monoisotopic (exact) mass is 351 g/mol. The Morgan fingerprint density at radius 3 is 2.57 bits per heavy atom. The summed E-state index contributed by atoms with van der Waals surface area (Å²) in [6, 6.07) is 8.00. The van der Waals surface area contributed by atoms with E-state index in [0.29, 0.717) is 6.61 Å². The fourth-order valence-electron chi connectivity index (χ4n) is 2.35. The maximum absolute atomic E-state index is 5.89. The van der Waals surface area contributed by atoms with Gasteiger partial charge >= 0.3 is 0 Å². The zero-order chi connectivity index (χ0) is 15.4. The first-order valence-electron chi connectivity index (χ1n) is 7.14. The Kier molecular flexibility index (Phi) is 5.42. The third kappa shape index (κ3) is 4.32. The smallest absolute Gasteiger partial charge is 0.119 e. The molecule has 0 aliphatic rings. The molecule has 0 saturated carbocycles. The maximum Gasteiger partial charge on any atom is 0.119 e. The summed E-state index contributed by atoms with van der Waals surface area (Å²) in [4.78, 5) is 0. The highest BCUT2D eigenvalue weighted by Crippen LogP contribution is 2.17. The van der Waals surface area contributed by atoms with Crippen molar-refractivity contribution in [2.24, 2.45) is 5.73 Å². The highest BCUT2D eigenvalue weighted by atomic mass is 79.9. The summed E-state index contributed by atoms with van der Waals surface area (Å²) in [6.07, 6.45) is 0.866. The van der Waals surface area contributed by atoms with Crippen LogP contribution in [0.1, 0.15) is 23.9 Å². The quantitative estimate of drug-likeness (QED) is 0.868. The largest absolute Gasteiger partial charge is 0.492 e. The molecular weight excluding hydrogens is 330 g/mol. The van der Waals surface area contributed by atoms with Gasteiger partial charge in [-0.15, -0.1) is 0 Å². The lowest BCUT2D eigenvalue weighted by Gasteiger charge is -2.09. The molecular formula is C16H22BrN3O. The van der Waals surface area contributed by atoms with Crippen LogP contribution in [0.3, 0.4) is 0 Å². The predicted octanol–water partition coefficient (Wildman–Crippen LogP) is 3.23. The number of aryl methyl sites for hydroxylation is 1. The molecule has 0 amide bonds. The van der Waals surface area contributed by atoms with Gasteiger partial charge in [0.1, 0.15) is 12.4 Å². The Hall–Kier alpha value is -1.33. The standard InChI is InChI=1S/C16H22BrN3O/c1-11(18)10-16-12(2)19-20(13(16)3)8-9-21-15-6-4-14(17)5-7-15/h4-7,11H,8-10,18H2,1-3H3. The van der Waals surface area contributed by atoms with Crippen LogP contribution in [0.25, 0.3) is 0 Å². The van der Waals surface area contributed by atoms with Gasteiger partial charge < -0.3 is 10.5 Å². The van der Waals surface area contributed by atoms with Crippen molar-refractivity contribution in [3.05, 3.63) is 45.7 Å². The lowest BCUT2D eigenvalue weighted by molar-refractivity contribution is 0.289. The zero-order valence-corrected chi connectivity index (χ0v) is 14.4. The number of rotatable bonds is 6. The Bertz CT molecular complexity index is 590. The summed E-state index contributed by atoms with van der Waals surface area (Å²) in [5.41, 5.74) is 9.40. The number of benzene rings is 1. The average Bonchev–Trinajstić information content (AvgIpc) is 2.68. The number of aromatic nitrogens is 2.